The minimum atomic E-state index is -0.478. The van der Waals surface area contributed by atoms with Crippen LogP contribution in [0.3, 0.4) is 0 Å². The van der Waals surface area contributed by atoms with E-state index in [1.807, 2.05) is 39.0 Å². The third-order valence-corrected chi connectivity index (χ3v) is 4.09. The minimum absolute atomic E-state index is 0.0698. The average Bonchev–Trinajstić information content (AvgIpc) is 2.89. The number of nitrogens with one attached hydrogen (secondary N) is 1. The number of benzene rings is 1. The normalized spacial score (nSPS) is 18.2. The number of hydrogen-bond acceptors (Lipinski definition) is 4. The van der Waals surface area contributed by atoms with Crippen LogP contribution in [0.15, 0.2) is 18.2 Å². The molecule has 2 amide bonds. The van der Waals surface area contributed by atoms with Gasteiger partial charge in [-0.25, -0.2) is 0 Å². The van der Waals surface area contributed by atoms with Gasteiger partial charge in [0.15, 0.2) is 0 Å². The van der Waals surface area contributed by atoms with Crippen molar-refractivity contribution in [1.82, 2.24) is 5.32 Å². The molecular weight excluding hydrogens is 294 g/mol. The summed E-state index contributed by atoms with van der Waals surface area (Å²) in [6.45, 7) is 6.38. The Bertz CT molecular complexity index is 613. The summed E-state index contributed by atoms with van der Waals surface area (Å²) < 4.78 is 5.34. The standard InChI is InChI=1S/C17H25N3O3/c1-11-5-6-14(23-4)13(7-11)20-9-12(8-15(20)21)16(22)19-17(2,3)10-18/h5-7,12H,8-10,18H2,1-4H3,(H,19,22). The van der Waals surface area contributed by atoms with Crippen LogP contribution in [0.2, 0.25) is 0 Å². The number of nitrogens with zero attached hydrogens (tertiary/aromatic N) is 1. The topological polar surface area (TPSA) is 84.7 Å². The second-order valence-corrected chi connectivity index (χ2v) is 6.66. The monoisotopic (exact) mass is 319 g/mol. The highest BCUT2D eigenvalue weighted by molar-refractivity contribution is 6.01. The fourth-order valence-electron chi connectivity index (χ4n) is 2.61. The molecule has 1 unspecified atom stereocenters. The van der Waals surface area contributed by atoms with Gasteiger partial charge in [0.2, 0.25) is 11.8 Å². The first-order valence-electron chi connectivity index (χ1n) is 7.74. The zero-order valence-corrected chi connectivity index (χ0v) is 14.2. The Balaban J connectivity index is 2.17. The molecule has 1 aromatic rings. The summed E-state index contributed by atoms with van der Waals surface area (Å²) in [5.41, 5.74) is 6.91. The largest absolute Gasteiger partial charge is 0.495 e. The molecule has 1 heterocycles. The number of anilines is 1. The molecule has 1 aromatic carbocycles. The molecule has 0 bridgehead atoms. The van der Waals surface area contributed by atoms with Gasteiger partial charge in [0, 0.05) is 25.0 Å². The molecule has 6 heteroatoms. The van der Waals surface area contributed by atoms with E-state index < -0.39 is 5.54 Å². The Morgan fingerprint density at radius 1 is 1.48 bits per heavy atom. The number of rotatable bonds is 5. The van der Waals surface area contributed by atoms with Crippen molar-refractivity contribution >= 4 is 17.5 Å². The van der Waals surface area contributed by atoms with Gasteiger partial charge in [-0.15, -0.1) is 0 Å². The molecule has 23 heavy (non-hydrogen) atoms. The maximum atomic E-state index is 12.4. The zero-order valence-electron chi connectivity index (χ0n) is 14.2. The predicted octanol–water partition coefficient (Wildman–Crippen LogP) is 1.21. The van der Waals surface area contributed by atoms with Gasteiger partial charge in [0.25, 0.3) is 0 Å². The molecule has 3 N–H and O–H groups in total. The maximum Gasteiger partial charge on any atom is 0.227 e. The van der Waals surface area contributed by atoms with E-state index >= 15 is 0 Å². The molecule has 1 aliphatic rings. The average molecular weight is 319 g/mol. The highest BCUT2D eigenvalue weighted by Crippen LogP contribution is 2.34. The molecule has 2 rings (SSSR count). The van der Waals surface area contributed by atoms with Crippen LogP contribution in [-0.4, -0.2) is 37.6 Å². The number of nitrogens with two attached hydrogens (primary N) is 1. The number of aryl methyl sites for hydroxylation is 1. The SMILES string of the molecule is COc1ccc(C)cc1N1CC(C(=O)NC(C)(C)CN)CC1=O. The fraction of sp³-hybridized carbons (Fsp3) is 0.529. The Labute approximate surface area is 137 Å². The van der Waals surface area contributed by atoms with E-state index in [-0.39, 0.29) is 24.2 Å². The smallest absolute Gasteiger partial charge is 0.227 e. The lowest BCUT2D eigenvalue weighted by atomic mass is 10.0. The van der Waals surface area contributed by atoms with E-state index in [4.69, 9.17) is 10.5 Å². The summed E-state index contributed by atoms with van der Waals surface area (Å²) >= 11 is 0. The lowest BCUT2D eigenvalue weighted by molar-refractivity contribution is -0.127. The third-order valence-electron chi connectivity index (χ3n) is 4.09. The summed E-state index contributed by atoms with van der Waals surface area (Å²) in [6, 6.07) is 5.67. The van der Waals surface area contributed by atoms with Gasteiger partial charge >= 0.3 is 0 Å². The molecule has 0 aromatic heterocycles. The van der Waals surface area contributed by atoms with Crippen LogP contribution in [0.5, 0.6) is 5.75 Å². The Hall–Kier alpha value is -2.08. The van der Waals surface area contributed by atoms with Crippen LogP contribution >= 0.6 is 0 Å². The van der Waals surface area contributed by atoms with Gasteiger partial charge in [-0.2, -0.15) is 0 Å². The van der Waals surface area contributed by atoms with Crippen LogP contribution < -0.4 is 20.7 Å². The van der Waals surface area contributed by atoms with Gasteiger partial charge in [-0.05, 0) is 38.5 Å². The van der Waals surface area contributed by atoms with Crippen molar-refractivity contribution in [3.8, 4) is 5.75 Å². The Kier molecular flexibility index (Phi) is 4.94. The predicted molar refractivity (Wildman–Crippen MR) is 89.5 cm³/mol. The summed E-state index contributed by atoms with van der Waals surface area (Å²) in [4.78, 5) is 26.4. The van der Waals surface area contributed by atoms with E-state index in [0.717, 1.165) is 5.56 Å². The molecule has 1 aliphatic heterocycles. The summed E-state index contributed by atoms with van der Waals surface area (Å²) in [5.74, 6) is 0.0494. The highest BCUT2D eigenvalue weighted by Gasteiger charge is 2.37. The fourth-order valence-corrected chi connectivity index (χ4v) is 2.61. The van der Waals surface area contributed by atoms with Crippen LogP contribution in [0.25, 0.3) is 0 Å². The third kappa shape index (κ3) is 3.82. The Morgan fingerprint density at radius 2 is 2.17 bits per heavy atom. The Morgan fingerprint density at radius 3 is 2.78 bits per heavy atom. The molecular formula is C17H25N3O3. The lowest BCUT2D eigenvalue weighted by Crippen LogP contribution is -2.51. The molecule has 0 aliphatic carbocycles. The van der Waals surface area contributed by atoms with E-state index in [0.29, 0.717) is 24.5 Å². The molecule has 126 valence electrons. The first kappa shape index (κ1) is 17.3. The molecule has 1 atom stereocenters. The second kappa shape index (κ2) is 6.58. The molecule has 1 saturated heterocycles. The molecule has 0 saturated carbocycles. The van der Waals surface area contributed by atoms with Crippen LogP contribution in [-0.2, 0) is 9.59 Å². The van der Waals surface area contributed by atoms with Crippen molar-refractivity contribution in [1.29, 1.82) is 0 Å². The van der Waals surface area contributed by atoms with Crippen LogP contribution in [0.4, 0.5) is 5.69 Å². The van der Waals surface area contributed by atoms with Crippen molar-refractivity contribution in [2.45, 2.75) is 32.7 Å². The van der Waals surface area contributed by atoms with E-state index in [1.165, 1.54) is 0 Å². The van der Waals surface area contributed by atoms with Crippen molar-refractivity contribution in [3.63, 3.8) is 0 Å². The highest BCUT2D eigenvalue weighted by atomic mass is 16.5. The second-order valence-electron chi connectivity index (χ2n) is 6.66. The summed E-state index contributed by atoms with van der Waals surface area (Å²) in [5, 5.41) is 2.91. The first-order valence-corrected chi connectivity index (χ1v) is 7.74. The quantitative estimate of drug-likeness (QED) is 0.854. The lowest BCUT2D eigenvalue weighted by Gasteiger charge is -2.26. The summed E-state index contributed by atoms with van der Waals surface area (Å²) in [6.07, 6.45) is 0.198. The van der Waals surface area contributed by atoms with E-state index in [2.05, 4.69) is 5.32 Å². The molecule has 6 nitrogen and oxygen atoms in total. The molecule has 1 fully saturated rings. The maximum absolute atomic E-state index is 12.4. The zero-order chi connectivity index (χ0) is 17.2. The van der Waals surface area contributed by atoms with Gasteiger partial charge in [0.1, 0.15) is 5.75 Å². The number of hydrogen-bond donors (Lipinski definition) is 2. The molecule has 0 radical (unpaired) electrons. The van der Waals surface area contributed by atoms with Gasteiger partial charge < -0.3 is 20.7 Å². The van der Waals surface area contributed by atoms with E-state index in [1.54, 1.807) is 12.0 Å². The van der Waals surface area contributed by atoms with Crippen molar-refractivity contribution < 1.29 is 14.3 Å². The van der Waals surface area contributed by atoms with Gasteiger partial charge in [-0.1, -0.05) is 6.07 Å². The van der Waals surface area contributed by atoms with Crippen molar-refractivity contribution in [2.75, 3.05) is 25.1 Å². The number of carbonyl (C=O) groups is 2. The van der Waals surface area contributed by atoms with Crippen LogP contribution in [0.1, 0.15) is 25.8 Å². The van der Waals surface area contributed by atoms with Gasteiger partial charge in [-0.3, -0.25) is 9.59 Å². The first-order chi connectivity index (χ1) is 10.8. The number of methoxy groups -OCH3 is 1. The summed E-state index contributed by atoms with van der Waals surface area (Å²) in [7, 11) is 1.57. The van der Waals surface area contributed by atoms with Crippen LogP contribution in [0, 0.1) is 12.8 Å². The van der Waals surface area contributed by atoms with Crippen molar-refractivity contribution in [3.05, 3.63) is 23.8 Å². The molecule has 0 spiro atoms. The number of amides is 2. The van der Waals surface area contributed by atoms with Gasteiger partial charge in [0.05, 0.1) is 18.7 Å². The number of ether oxygens (including phenoxy) is 1. The van der Waals surface area contributed by atoms with Crippen molar-refractivity contribution in [2.24, 2.45) is 11.7 Å². The van der Waals surface area contributed by atoms with E-state index in [9.17, 15) is 9.59 Å². The number of carbonyl (C=O) groups excluding carboxylic acids is 2. The minimum Gasteiger partial charge on any atom is -0.495 e.